The number of carbonyl (C=O) groups is 1. The molecule has 21 heavy (non-hydrogen) atoms. The second-order valence-corrected chi connectivity index (χ2v) is 6.02. The fourth-order valence-electron chi connectivity index (χ4n) is 2.58. The van der Waals surface area contributed by atoms with Crippen LogP contribution >= 0.6 is 15.9 Å². The van der Waals surface area contributed by atoms with Gasteiger partial charge in [0.25, 0.3) is 0 Å². The predicted molar refractivity (Wildman–Crippen MR) is 83.5 cm³/mol. The number of halogens is 1. The fourth-order valence-corrected chi connectivity index (χ4v) is 3.14. The molecule has 3 rings (SSSR count). The monoisotopic (exact) mass is 346 g/mol. The van der Waals surface area contributed by atoms with Crippen molar-refractivity contribution in [2.45, 2.75) is 18.9 Å². The summed E-state index contributed by atoms with van der Waals surface area (Å²) in [5, 5.41) is 10.2. The molecule has 0 saturated carbocycles. The SMILES string of the molecule is O=C(Cc1cc(Br)cc2c1OCC2)C(O)c1ccccc1. The number of hydrogen-bond acceptors (Lipinski definition) is 3. The molecule has 0 spiro atoms. The van der Waals surface area contributed by atoms with Crippen LogP contribution in [0.25, 0.3) is 0 Å². The van der Waals surface area contributed by atoms with Gasteiger partial charge >= 0.3 is 0 Å². The average molecular weight is 347 g/mol. The van der Waals surface area contributed by atoms with E-state index in [0.717, 1.165) is 27.8 Å². The van der Waals surface area contributed by atoms with Crippen molar-refractivity contribution in [1.82, 2.24) is 0 Å². The zero-order valence-corrected chi connectivity index (χ0v) is 13.0. The lowest BCUT2D eigenvalue weighted by atomic mass is 9.98. The Morgan fingerprint density at radius 3 is 2.81 bits per heavy atom. The molecule has 1 atom stereocenters. The minimum absolute atomic E-state index is 0.165. The van der Waals surface area contributed by atoms with Crippen LogP contribution < -0.4 is 4.74 Å². The van der Waals surface area contributed by atoms with Gasteiger partial charge in [-0.1, -0.05) is 46.3 Å². The zero-order chi connectivity index (χ0) is 14.8. The zero-order valence-electron chi connectivity index (χ0n) is 11.4. The molecule has 108 valence electrons. The highest BCUT2D eigenvalue weighted by molar-refractivity contribution is 9.10. The molecular weight excluding hydrogens is 332 g/mol. The van der Waals surface area contributed by atoms with Crippen molar-refractivity contribution in [2.24, 2.45) is 0 Å². The van der Waals surface area contributed by atoms with E-state index in [1.165, 1.54) is 0 Å². The van der Waals surface area contributed by atoms with E-state index in [9.17, 15) is 9.90 Å². The molecule has 2 aromatic rings. The van der Waals surface area contributed by atoms with Crippen LogP contribution in [0.4, 0.5) is 0 Å². The van der Waals surface area contributed by atoms with Crippen molar-refractivity contribution in [2.75, 3.05) is 6.61 Å². The Morgan fingerprint density at radius 2 is 2.05 bits per heavy atom. The Kier molecular flexibility index (Phi) is 4.08. The molecule has 3 nitrogen and oxygen atoms in total. The maximum Gasteiger partial charge on any atom is 0.170 e. The van der Waals surface area contributed by atoms with Crippen molar-refractivity contribution in [3.05, 3.63) is 63.6 Å². The Balaban J connectivity index is 1.83. The maximum absolute atomic E-state index is 12.3. The molecule has 2 aromatic carbocycles. The van der Waals surface area contributed by atoms with Gasteiger partial charge in [-0.05, 0) is 23.3 Å². The van der Waals surface area contributed by atoms with E-state index in [2.05, 4.69) is 15.9 Å². The molecule has 1 aliphatic rings. The molecule has 1 heterocycles. The number of carbonyl (C=O) groups excluding carboxylic acids is 1. The van der Waals surface area contributed by atoms with Gasteiger partial charge in [-0.3, -0.25) is 4.79 Å². The number of ketones is 1. The second kappa shape index (κ2) is 6.00. The normalized spacial score (nSPS) is 14.4. The molecule has 0 saturated heterocycles. The second-order valence-electron chi connectivity index (χ2n) is 5.11. The first-order chi connectivity index (χ1) is 10.1. The van der Waals surface area contributed by atoms with Gasteiger partial charge in [-0.15, -0.1) is 0 Å². The van der Waals surface area contributed by atoms with Crippen molar-refractivity contribution < 1.29 is 14.6 Å². The number of ether oxygens (including phenoxy) is 1. The third-order valence-corrected chi connectivity index (χ3v) is 4.07. The molecule has 4 heteroatoms. The summed E-state index contributed by atoms with van der Waals surface area (Å²) in [7, 11) is 0. The Morgan fingerprint density at radius 1 is 1.29 bits per heavy atom. The third-order valence-electron chi connectivity index (χ3n) is 3.61. The summed E-state index contributed by atoms with van der Waals surface area (Å²) in [5.41, 5.74) is 2.56. The topological polar surface area (TPSA) is 46.5 Å². The number of rotatable bonds is 4. The highest BCUT2D eigenvalue weighted by Crippen LogP contribution is 2.34. The molecule has 0 aliphatic carbocycles. The van der Waals surface area contributed by atoms with Gasteiger partial charge in [-0.25, -0.2) is 0 Å². The molecule has 1 N–H and O–H groups in total. The number of benzene rings is 2. The quantitative estimate of drug-likeness (QED) is 0.924. The van der Waals surface area contributed by atoms with Gasteiger partial charge in [-0.2, -0.15) is 0 Å². The fraction of sp³-hybridized carbons (Fsp3) is 0.235. The van der Waals surface area contributed by atoms with E-state index >= 15 is 0 Å². The van der Waals surface area contributed by atoms with Crippen molar-refractivity contribution in [3.8, 4) is 5.75 Å². The Bertz CT molecular complexity index is 667. The number of hydrogen-bond donors (Lipinski definition) is 1. The average Bonchev–Trinajstić information content (AvgIpc) is 2.95. The molecule has 0 aromatic heterocycles. The van der Waals surface area contributed by atoms with Crippen molar-refractivity contribution in [3.63, 3.8) is 0 Å². The summed E-state index contributed by atoms with van der Waals surface area (Å²) < 4.78 is 6.55. The Labute approximate surface area is 131 Å². The van der Waals surface area contributed by atoms with Crippen LogP contribution in [0.3, 0.4) is 0 Å². The van der Waals surface area contributed by atoms with Crippen LogP contribution in [0.1, 0.15) is 22.8 Å². The van der Waals surface area contributed by atoms with E-state index in [1.807, 2.05) is 30.3 Å². The predicted octanol–water partition coefficient (Wildman–Crippen LogP) is 3.23. The lowest BCUT2D eigenvalue weighted by molar-refractivity contribution is -0.126. The third kappa shape index (κ3) is 3.01. The van der Waals surface area contributed by atoms with Gasteiger partial charge < -0.3 is 9.84 Å². The van der Waals surface area contributed by atoms with E-state index in [-0.39, 0.29) is 12.2 Å². The first-order valence-electron chi connectivity index (χ1n) is 6.85. The summed E-state index contributed by atoms with van der Waals surface area (Å²) in [4.78, 5) is 12.3. The van der Waals surface area contributed by atoms with Gasteiger partial charge in [0.1, 0.15) is 11.9 Å². The molecule has 1 unspecified atom stereocenters. The van der Waals surface area contributed by atoms with E-state index in [1.54, 1.807) is 12.1 Å². The van der Waals surface area contributed by atoms with E-state index in [4.69, 9.17) is 4.74 Å². The number of Topliss-reactive ketones (excluding diaryl/α,β-unsaturated/α-hetero) is 1. The van der Waals surface area contributed by atoms with Crippen LogP contribution in [0.2, 0.25) is 0 Å². The van der Waals surface area contributed by atoms with Crippen molar-refractivity contribution >= 4 is 21.7 Å². The van der Waals surface area contributed by atoms with Crippen LogP contribution in [0, 0.1) is 0 Å². The highest BCUT2D eigenvalue weighted by atomic mass is 79.9. The first kappa shape index (κ1) is 14.3. The maximum atomic E-state index is 12.3. The van der Waals surface area contributed by atoms with Crippen molar-refractivity contribution in [1.29, 1.82) is 0 Å². The van der Waals surface area contributed by atoms with E-state index < -0.39 is 6.10 Å². The molecule has 0 fully saturated rings. The largest absolute Gasteiger partial charge is 0.493 e. The number of aliphatic hydroxyl groups is 1. The minimum atomic E-state index is -1.10. The highest BCUT2D eigenvalue weighted by Gasteiger charge is 2.23. The summed E-state index contributed by atoms with van der Waals surface area (Å²) >= 11 is 3.46. The minimum Gasteiger partial charge on any atom is -0.493 e. The summed E-state index contributed by atoms with van der Waals surface area (Å²) in [6.07, 6.45) is -0.0723. The van der Waals surface area contributed by atoms with Crippen LogP contribution in [-0.2, 0) is 17.6 Å². The van der Waals surface area contributed by atoms with Gasteiger partial charge in [0.15, 0.2) is 5.78 Å². The lowest BCUT2D eigenvalue weighted by Crippen LogP contribution is -2.15. The Hall–Kier alpha value is -1.65. The van der Waals surface area contributed by atoms with Crippen LogP contribution in [-0.4, -0.2) is 17.5 Å². The molecule has 0 bridgehead atoms. The summed E-state index contributed by atoms with van der Waals surface area (Å²) in [6.45, 7) is 0.647. The lowest BCUT2D eigenvalue weighted by Gasteiger charge is -2.12. The van der Waals surface area contributed by atoms with Gasteiger partial charge in [0.2, 0.25) is 0 Å². The van der Waals surface area contributed by atoms with Gasteiger partial charge in [0.05, 0.1) is 6.61 Å². The van der Waals surface area contributed by atoms with E-state index in [0.29, 0.717) is 12.2 Å². The smallest absolute Gasteiger partial charge is 0.170 e. The molecule has 0 amide bonds. The molecule has 0 radical (unpaired) electrons. The number of aliphatic hydroxyl groups excluding tert-OH is 1. The van der Waals surface area contributed by atoms with Gasteiger partial charge in [0, 0.05) is 22.9 Å². The standard InChI is InChI=1S/C17H15BrO3/c18-14-8-12-6-7-21-17(12)13(9-14)10-15(19)16(20)11-4-2-1-3-5-11/h1-5,8-9,16,20H,6-7,10H2. The van der Waals surface area contributed by atoms with Crippen LogP contribution in [0.15, 0.2) is 46.9 Å². The van der Waals surface area contributed by atoms with Crippen LogP contribution in [0.5, 0.6) is 5.75 Å². The molecule has 1 aliphatic heterocycles. The molecular formula is C17H15BrO3. The number of fused-ring (bicyclic) bond motifs is 1. The summed E-state index contributed by atoms with van der Waals surface area (Å²) in [5.74, 6) is 0.573. The summed E-state index contributed by atoms with van der Waals surface area (Å²) in [6, 6.07) is 12.9. The first-order valence-corrected chi connectivity index (χ1v) is 7.64.